The van der Waals surface area contributed by atoms with Gasteiger partial charge in [0.1, 0.15) is 18.5 Å². The molecule has 30 heavy (non-hydrogen) atoms. The Morgan fingerprint density at radius 2 is 1.67 bits per heavy atom. The van der Waals surface area contributed by atoms with Crippen molar-refractivity contribution in [3.8, 4) is 0 Å². The molecule has 0 aromatic heterocycles. The number of ether oxygens (including phenoxy) is 1. The lowest BCUT2D eigenvalue weighted by Gasteiger charge is -2.17. The summed E-state index contributed by atoms with van der Waals surface area (Å²) < 4.78 is 17.9. The van der Waals surface area contributed by atoms with E-state index < -0.39 is 42.4 Å². The van der Waals surface area contributed by atoms with Gasteiger partial charge < -0.3 is 25.6 Å². The fraction of sp³-hybridized carbons (Fsp3) is 0.286. The molecule has 2 aromatic carbocycles. The monoisotopic (exact) mass is 418 g/mol. The normalized spacial score (nSPS) is 12.5. The predicted molar refractivity (Wildman–Crippen MR) is 105 cm³/mol. The largest absolute Gasteiger partial charge is 0.480 e. The van der Waals surface area contributed by atoms with Crippen LogP contribution in [0, 0.1) is 5.82 Å². The van der Waals surface area contributed by atoms with E-state index in [9.17, 15) is 29.0 Å². The van der Waals surface area contributed by atoms with Gasteiger partial charge in [0.25, 0.3) is 0 Å². The third-order valence-electron chi connectivity index (χ3n) is 4.10. The summed E-state index contributed by atoms with van der Waals surface area (Å²) in [5.41, 5.74) is 1.33. The second-order valence-corrected chi connectivity index (χ2v) is 6.59. The number of hydrogen-bond acceptors (Lipinski definition) is 5. The zero-order valence-electron chi connectivity index (χ0n) is 16.1. The van der Waals surface area contributed by atoms with Gasteiger partial charge in [0.2, 0.25) is 5.91 Å². The van der Waals surface area contributed by atoms with E-state index in [2.05, 4.69) is 10.6 Å². The van der Waals surface area contributed by atoms with Crippen molar-refractivity contribution in [2.75, 3.05) is 6.54 Å². The molecule has 0 fully saturated rings. The van der Waals surface area contributed by atoms with Gasteiger partial charge in [-0.2, -0.15) is 0 Å². The Balaban J connectivity index is 1.73. The number of halogens is 1. The maximum absolute atomic E-state index is 12.9. The van der Waals surface area contributed by atoms with Crippen LogP contribution < -0.4 is 10.6 Å². The fourth-order valence-electron chi connectivity index (χ4n) is 2.57. The number of benzene rings is 2. The summed E-state index contributed by atoms with van der Waals surface area (Å²) in [6.45, 7) is -0.177. The van der Waals surface area contributed by atoms with Crippen molar-refractivity contribution in [3.05, 3.63) is 71.5 Å². The molecular weight excluding hydrogens is 395 g/mol. The van der Waals surface area contributed by atoms with E-state index in [1.54, 1.807) is 24.3 Å². The molecular formula is C21H23FN2O6. The van der Waals surface area contributed by atoms with Crippen molar-refractivity contribution in [1.29, 1.82) is 0 Å². The molecule has 0 bridgehead atoms. The lowest BCUT2D eigenvalue weighted by Crippen LogP contribution is -2.44. The molecule has 9 heteroatoms. The number of rotatable bonds is 10. The number of carbonyl (C=O) groups excluding carboxylic acids is 2. The van der Waals surface area contributed by atoms with E-state index in [1.807, 2.05) is 6.07 Å². The van der Waals surface area contributed by atoms with Crippen LogP contribution in [0.4, 0.5) is 9.18 Å². The minimum absolute atomic E-state index is 0.0402. The Kier molecular flexibility index (Phi) is 8.76. The van der Waals surface area contributed by atoms with Crippen molar-refractivity contribution in [1.82, 2.24) is 10.6 Å². The molecule has 0 spiro atoms. The minimum atomic E-state index is -1.26. The van der Waals surface area contributed by atoms with Crippen LogP contribution in [-0.4, -0.2) is 46.9 Å². The minimum Gasteiger partial charge on any atom is -0.480 e. The van der Waals surface area contributed by atoms with Gasteiger partial charge in [0.15, 0.2) is 0 Å². The van der Waals surface area contributed by atoms with Gasteiger partial charge in [-0.3, -0.25) is 4.79 Å². The Bertz CT molecular complexity index is 844. The molecule has 0 saturated carbocycles. The first-order valence-electron chi connectivity index (χ1n) is 9.22. The molecule has 0 aliphatic heterocycles. The Labute approximate surface area is 172 Å². The Morgan fingerprint density at radius 1 is 1.00 bits per heavy atom. The quantitative estimate of drug-likeness (QED) is 0.465. The molecule has 0 aliphatic carbocycles. The van der Waals surface area contributed by atoms with E-state index >= 15 is 0 Å². The molecule has 2 atom stereocenters. The molecule has 2 rings (SSSR count). The summed E-state index contributed by atoms with van der Waals surface area (Å²) >= 11 is 0. The van der Waals surface area contributed by atoms with Gasteiger partial charge in [0, 0.05) is 13.0 Å². The Hall–Kier alpha value is -3.46. The number of amides is 2. The maximum atomic E-state index is 12.9. The van der Waals surface area contributed by atoms with Crippen molar-refractivity contribution < 1.29 is 33.7 Å². The average Bonchev–Trinajstić information content (AvgIpc) is 2.72. The molecule has 8 nitrogen and oxygen atoms in total. The predicted octanol–water partition coefficient (Wildman–Crippen LogP) is 1.61. The maximum Gasteiger partial charge on any atom is 0.407 e. The zero-order chi connectivity index (χ0) is 21.9. The second-order valence-electron chi connectivity index (χ2n) is 6.59. The summed E-state index contributed by atoms with van der Waals surface area (Å²) in [6, 6.07) is 13.0. The smallest absolute Gasteiger partial charge is 0.407 e. The number of carboxylic acid groups (broad SMARTS) is 1. The summed E-state index contributed by atoms with van der Waals surface area (Å²) in [5.74, 6) is -2.41. The number of alkyl carbamates (subject to hydrolysis) is 1. The third kappa shape index (κ3) is 8.27. The van der Waals surface area contributed by atoms with Crippen LogP contribution in [0.25, 0.3) is 0 Å². The molecule has 0 saturated heterocycles. The summed E-state index contributed by atoms with van der Waals surface area (Å²) in [6.07, 6.45) is -2.43. The van der Waals surface area contributed by atoms with Crippen LogP contribution >= 0.6 is 0 Å². The van der Waals surface area contributed by atoms with Gasteiger partial charge in [0.05, 0.1) is 12.5 Å². The lowest BCUT2D eigenvalue weighted by atomic mass is 10.1. The summed E-state index contributed by atoms with van der Waals surface area (Å²) in [7, 11) is 0. The first-order chi connectivity index (χ1) is 14.3. The zero-order valence-corrected chi connectivity index (χ0v) is 16.1. The molecule has 2 amide bonds. The van der Waals surface area contributed by atoms with E-state index in [-0.39, 0.29) is 19.6 Å². The Morgan fingerprint density at radius 3 is 2.30 bits per heavy atom. The number of aliphatic hydroxyl groups is 1. The van der Waals surface area contributed by atoms with Gasteiger partial charge in [-0.25, -0.2) is 14.0 Å². The standard InChI is InChI=1S/C21H23FN2O6/c22-16-8-6-14(7-9-16)10-18(20(27)28)24-19(26)11-17(25)12-23-21(29)30-13-15-4-2-1-3-5-15/h1-9,17-18,25H,10-13H2,(H,23,29)(H,24,26)(H,27,28)/t17-,18-/m1/s1. The van der Waals surface area contributed by atoms with Crippen LogP contribution in [0.2, 0.25) is 0 Å². The van der Waals surface area contributed by atoms with Crippen LogP contribution in [0.1, 0.15) is 17.5 Å². The van der Waals surface area contributed by atoms with Gasteiger partial charge in [-0.1, -0.05) is 42.5 Å². The number of nitrogens with one attached hydrogen (secondary N) is 2. The highest BCUT2D eigenvalue weighted by Gasteiger charge is 2.22. The van der Waals surface area contributed by atoms with Gasteiger partial charge in [-0.05, 0) is 23.3 Å². The first kappa shape index (κ1) is 22.8. The first-order valence-corrected chi connectivity index (χ1v) is 9.22. The van der Waals surface area contributed by atoms with E-state index in [1.165, 1.54) is 24.3 Å². The number of aliphatic carboxylic acids is 1. The third-order valence-corrected chi connectivity index (χ3v) is 4.10. The van der Waals surface area contributed by atoms with Crippen LogP contribution in [0.15, 0.2) is 54.6 Å². The molecule has 0 heterocycles. The van der Waals surface area contributed by atoms with Gasteiger partial charge >= 0.3 is 12.1 Å². The molecule has 2 aromatic rings. The van der Waals surface area contributed by atoms with Crippen LogP contribution in [0.5, 0.6) is 0 Å². The summed E-state index contributed by atoms with van der Waals surface area (Å²) in [4.78, 5) is 35.1. The average molecular weight is 418 g/mol. The van der Waals surface area contributed by atoms with Crippen molar-refractivity contribution >= 4 is 18.0 Å². The molecule has 4 N–H and O–H groups in total. The SMILES string of the molecule is O=C(C[C@@H](O)CNC(=O)OCc1ccccc1)N[C@H](Cc1ccc(F)cc1)C(=O)O. The second kappa shape index (κ2) is 11.5. The van der Waals surface area contributed by atoms with Crippen molar-refractivity contribution in [2.24, 2.45) is 0 Å². The number of carboxylic acids is 1. The highest BCUT2D eigenvalue weighted by Crippen LogP contribution is 2.07. The topological polar surface area (TPSA) is 125 Å². The van der Waals surface area contributed by atoms with Gasteiger partial charge in [-0.15, -0.1) is 0 Å². The molecule has 0 aliphatic rings. The van der Waals surface area contributed by atoms with E-state index in [0.29, 0.717) is 5.56 Å². The number of hydrogen-bond donors (Lipinski definition) is 4. The van der Waals surface area contributed by atoms with Crippen LogP contribution in [-0.2, 0) is 27.4 Å². The van der Waals surface area contributed by atoms with Crippen LogP contribution in [0.3, 0.4) is 0 Å². The molecule has 160 valence electrons. The summed E-state index contributed by atoms with van der Waals surface area (Å²) in [5, 5.41) is 23.8. The van der Waals surface area contributed by atoms with E-state index in [4.69, 9.17) is 4.74 Å². The number of aliphatic hydroxyl groups excluding tert-OH is 1. The van der Waals surface area contributed by atoms with E-state index in [0.717, 1.165) is 5.56 Å². The van der Waals surface area contributed by atoms with Crippen molar-refractivity contribution in [2.45, 2.75) is 31.6 Å². The highest BCUT2D eigenvalue weighted by molar-refractivity contribution is 5.84. The fourth-order valence-corrected chi connectivity index (χ4v) is 2.57. The molecule has 0 radical (unpaired) electrons. The molecule has 0 unspecified atom stereocenters. The van der Waals surface area contributed by atoms with Crippen molar-refractivity contribution in [3.63, 3.8) is 0 Å². The lowest BCUT2D eigenvalue weighted by molar-refractivity contribution is -0.142. The highest BCUT2D eigenvalue weighted by atomic mass is 19.1. The number of carbonyl (C=O) groups is 3.